The monoisotopic (exact) mass is 564 g/mol. The lowest BCUT2D eigenvalue weighted by Crippen LogP contribution is -2.51. The van der Waals surface area contributed by atoms with E-state index in [0.29, 0.717) is 24.3 Å². The van der Waals surface area contributed by atoms with Gasteiger partial charge in [-0.3, -0.25) is 9.59 Å². The summed E-state index contributed by atoms with van der Waals surface area (Å²) in [6, 6.07) is 11.5. The van der Waals surface area contributed by atoms with Crippen molar-refractivity contribution in [2.24, 2.45) is 4.99 Å². The summed E-state index contributed by atoms with van der Waals surface area (Å²) in [4.78, 5) is 30.7. The van der Waals surface area contributed by atoms with Crippen molar-refractivity contribution in [3.05, 3.63) is 65.2 Å². The molecule has 1 aliphatic rings. The van der Waals surface area contributed by atoms with Crippen molar-refractivity contribution in [2.45, 2.75) is 76.9 Å². The number of aliphatic hydroxyl groups is 1. The van der Waals surface area contributed by atoms with Gasteiger partial charge in [-0.05, 0) is 76.1 Å². The Morgan fingerprint density at radius 1 is 1.12 bits per heavy atom. The van der Waals surface area contributed by atoms with Gasteiger partial charge >= 0.3 is 12.1 Å². The van der Waals surface area contributed by atoms with Gasteiger partial charge in [0.15, 0.2) is 5.54 Å². The number of alkyl halides is 3. The van der Waals surface area contributed by atoms with Crippen LogP contribution in [-0.2, 0) is 31.8 Å². The molecular formula is C29H35F3N2O6. The molecule has 0 unspecified atom stereocenters. The van der Waals surface area contributed by atoms with E-state index in [1.807, 2.05) is 0 Å². The van der Waals surface area contributed by atoms with Gasteiger partial charge in [0.25, 0.3) is 5.91 Å². The number of carbonyl (C=O) groups excluding carboxylic acids is 2. The normalized spacial score (nSPS) is 19.0. The Bertz CT molecular complexity index is 1210. The molecule has 0 spiro atoms. The number of nitrogens with zero attached hydrogens (tertiary/aromatic N) is 1. The number of aliphatic imine (C=N–C) groups is 1. The summed E-state index contributed by atoms with van der Waals surface area (Å²) in [5.41, 5.74) is -2.22. The fraction of sp³-hybridized carbons (Fsp3) is 0.483. The topological polar surface area (TPSA) is 106 Å². The summed E-state index contributed by atoms with van der Waals surface area (Å²) in [6.07, 6.45) is -4.97. The quantitative estimate of drug-likeness (QED) is 0.300. The van der Waals surface area contributed by atoms with Crippen LogP contribution in [0.15, 0.2) is 53.5 Å². The third kappa shape index (κ3) is 8.20. The van der Waals surface area contributed by atoms with E-state index in [9.17, 15) is 22.8 Å². The van der Waals surface area contributed by atoms with Crippen LogP contribution in [0.3, 0.4) is 0 Å². The van der Waals surface area contributed by atoms with Gasteiger partial charge in [-0.1, -0.05) is 12.1 Å². The van der Waals surface area contributed by atoms with E-state index in [-0.39, 0.29) is 37.5 Å². The largest absolute Gasteiger partial charge is 0.494 e. The number of ether oxygens (including phenoxy) is 3. The summed E-state index contributed by atoms with van der Waals surface area (Å²) in [5.74, 6) is -0.329. The van der Waals surface area contributed by atoms with Gasteiger partial charge in [-0.15, -0.1) is 0 Å². The molecule has 218 valence electrons. The first kappa shape index (κ1) is 30.9. The Labute approximate surface area is 231 Å². The number of amides is 1. The standard InChI is InChI=1S/C29H35F3N2O6/c1-19-28(14-13-24(36)40-27(2,3)4,26(37)33-18-20-7-5-8-22(17-20)29(30,31)32)34-25(39-19)21-9-11-23(12-10-21)38-16-6-15-35/h5,7-12,17,19,35H,6,13-16,18H2,1-4H3,(H,33,37)/t19-,28-/m1/s1. The Balaban J connectivity index is 1.84. The first-order valence-corrected chi connectivity index (χ1v) is 13.0. The van der Waals surface area contributed by atoms with Gasteiger partial charge < -0.3 is 24.6 Å². The second-order valence-electron chi connectivity index (χ2n) is 10.5. The number of nitrogens with one attached hydrogen (secondary N) is 1. The van der Waals surface area contributed by atoms with Gasteiger partial charge in [0.05, 0.1) is 12.2 Å². The van der Waals surface area contributed by atoms with E-state index >= 15 is 0 Å². The van der Waals surface area contributed by atoms with E-state index in [0.717, 1.165) is 12.1 Å². The van der Waals surface area contributed by atoms with Crippen LogP contribution in [0.5, 0.6) is 5.75 Å². The average Bonchev–Trinajstić information content (AvgIpc) is 3.22. The van der Waals surface area contributed by atoms with Crippen molar-refractivity contribution in [3.63, 3.8) is 0 Å². The number of aliphatic hydroxyl groups excluding tert-OH is 1. The van der Waals surface area contributed by atoms with Crippen LogP contribution in [0.1, 0.15) is 63.6 Å². The number of halogens is 3. The van der Waals surface area contributed by atoms with E-state index in [2.05, 4.69) is 10.3 Å². The Kier molecular flexibility index (Phi) is 9.83. The first-order valence-electron chi connectivity index (χ1n) is 13.0. The predicted molar refractivity (Wildman–Crippen MR) is 142 cm³/mol. The molecule has 1 aliphatic heterocycles. The molecule has 1 heterocycles. The summed E-state index contributed by atoms with van der Waals surface area (Å²) in [7, 11) is 0. The maximum absolute atomic E-state index is 13.6. The molecule has 0 saturated heterocycles. The van der Waals surface area contributed by atoms with Crippen LogP contribution in [0.2, 0.25) is 0 Å². The lowest BCUT2D eigenvalue weighted by Gasteiger charge is -2.28. The van der Waals surface area contributed by atoms with E-state index < -0.39 is 40.9 Å². The molecule has 3 rings (SSSR count). The van der Waals surface area contributed by atoms with Gasteiger partial charge in [-0.25, -0.2) is 4.99 Å². The molecule has 0 aliphatic carbocycles. The average molecular weight is 565 g/mol. The van der Waals surface area contributed by atoms with Gasteiger partial charge in [0.2, 0.25) is 5.90 Å². The molecule has 2 N–H and O–H groups in total. The summed E-state index contributed by atoms with van der Waals surface area (Å²) < 4.78 is 56.4. The minimum Gasteiger partial charge on any atom is -0.494 e. The maximum Gasteiger partial charge on any atom is 0.416 e. The van der Waals surface area contributed by atoms with Crippen LogP contribution in [-0.4, -0.2) is 53.3 Å². The second-order valence-corrected chi connectivity index (χ2v) is 10.5. The van der Waals surface area contributed by atoms with E-state index in [4.69, 9.17) is 19.3 Å². The Hall–Kier alpha value is -3.60. The van der Waals surface area contributed by atoms with Crippen molar-refractivity contribution in [3.8, 4) is 5.75 Å². The van der Waals surface area contributed by atoms with Crippen LogP contribution in [0.25, 0.3) is 0 Å². The SMILES string of the molecule is C[C@H]1OC(c2ccc(OCCCO)cc2)=N[C@@]1(CCC(=O)OC(C)(C)C)C(=O)NCc1cccc(C(F)(F)F)c1. The molecule has 0 radical (unpaired) electrons. The Morgan fingerprint density at radius 2 is 1.82 bits per heavy atom. The number of hydrogen-bond donors (Lipinski definition) is 2. The zero-order chi connectivity index (χ0) is 29.6. The minimum atomic E-state index is -4.51. The molecule has 0 fully saturated rings. The van der Waals surface area contributed by atoms with Crippen LogP contribution in [0, 0.1) is 0 Å². The first-order chi connectivity index (χ1) is 18.7. The third-order valence-corrected chi connectivity index (χ3v) is 6.17. The second kappa shape index (κ2) is 12.7. The van der Waals surface area contributed by atoms with Crippen molar-refractivity contribution in [1.82, 2.24) is 5.32 Å². The molecule has 2 atom stereocenters. The van der Waals surface area contributed by atoms with Gasteiger partial charge in [0.1, 0.15) is 17.5 Å². The zero-order valence-corrected chi connectivity index (χ0v) is 23.0. The Morgan fingerprint density at radius 3 is 2.45 bits per heavy atom. The summed E-state index contributed by atoms with van der Waals surface area (Å²) in [5, 5.41) is 11.6. The van der Waals surface area contributed by atoms with Gasteiger partial charge in [0, 0.05) is 31.6 Å². The van der Waals surface area contributed by atoms with Crippen molar-refractivity contribution < 1.29 is 42.1 Å². The molecule has 0 saturated carbocycles. The van der Waals surface area contributed by atoms with Crippen molar-refractivity contribution >= 4 is 17.8 Å². The molecule has 40 heavy (non-hydrogen) atoms. The van der Waals surface area contributed by atoms with Crippen LogP contribution in [0.4, 0.5) is 13.2 Å². The highest BCUT2D eigenvalue weighted by molar-refractivity contribution is 6.00. The molecule has 2 aromatic rings. The smallest absolute Gasteiger partial charge is 0.416 e. The van der Waals surface area contributed by atoms with E-state index in [1.54, 1.807) is 52.0 Å². The zero-order valence-electron chi connectivity index (χ0n) is 23.0. The molecular weight excluding hydrogens is 529 g/mol. The van der Waals surface area contributed by atoms with Crippen LogP contribution >= 0.6 is 0 Å². The summed E-state index contributed by atoms with van der Waals surface area (Å²) in [6.45, 7) is 7.05. The fourth-order valence-corrected chi connectivity index (χ4v) is 4.13. The van der Waals surface area contributed by atoms with Gasteiger partial charge in [-0.2, -0.15) is 13.2 Å². The fourth-order valence-electron chi connectivity index (χ4n) is 4.13. The lowest BCUT2D eigenvalue weighted by molar-refractivity contribution is -0.155. The number of rotatable bonds is 11. The molecule has 0 aromatic heterocycles. The summed E-state index contributed by atoms with van der Waals surface area (Å²) >= 11 is 0. The lowest BCUT2D eigenvalue weighted by atomic mass is 9.87. The minimum absolute atomic E-state index is 0.0157. The molecule has 11 heteroatoms. The highest BCUT2D eigenvalue weighted by Crippen LogP contribution is 2.34. The number of benzene rings is 2. The number of carbonyl (C=O) groups is 2. The number of esters is 1. The molecule has 1 amide bonds. The van der Waals surface area contributed by atoms with Crippen LogP contribution < -0.4 is 10.1 Å². The highest BCUT2D eigenvalue weighted by Gasteiger charge is 2.50. The number of hydrogen-bond acceptors (Lipinski definition) is 7. The third-order valence-electron chi connectivity index (χ3n) is 6.17. The molecule has 2 aromatic carbocycles. The maximum atomic E-state index is 13.6. The van der Waals surface area contributed by atoms with Crippen molar-refractivity contribution in [1.29, 1.82) is 0 Å². The molecule has 0 bridgehead atoms. The highest BCUT2D eigenvalue weighted by atomic mass is 19.4. The predicted octanol–water partition coefficient (Wildman–Crippen LogP) is 4.81. The van der Waals surface area contributed by atoms with E-state index in [1.165, 1.54) is 12.1 Å². The molecule has 8 nitrogen and oxygen atoms in total. The van der Waals surface area contributed by atoms with Crippen molar-refractivity contribution in [2.75, 3.05) is 13.2 Å².